The Balaban J connectivity index is 2.52. The number of rotatable bonds is 8. The molecule has 1 aromatic carbocycles. The fraction of sp³-hybridized carbons (Fsp3) is 0.222. The molecule has 0 saturated carbocycles. The van der Waals surface area contributed by atoms with Gasteiger partial charge in [-0.3, -0.25) is 0 Å². The third-order valence-corrected chi connectivity index (χ3v) is 3.35. The number of nitriles is 1. The normalized spacial score (nSPS) is 11.8. The van der Waals surface area contributed by atoms with Gasteiger partial charge in [0.25, 0.3) is 0 Å². The number of nitrogens with zero attached hydrogens (tertiary/aromatic N) is 4. The van der Waals surface area contributed by atoms with E-state index in [2.05, 4.69) is 25.9 Å². The number of ether oxygens (including phenoxy) is 2. The highest BCUT2D eigenvalue weighted by molar-refractivity contribution is 6.15. The van der Waals surface area contributed by atoms with Crippen molar-refractivity contribution in [3.63, 3.8) is 0 Å². The first kappa shape index (κ1) is 20.3. The molecule has 0 aliphatic rings. The van der Waals surface area contributed by atoms with E-state index in [0.29, 0.717) is 5.56 Å². The quantitative estimate of drug-likeness (QED) is 0.391. The molecule has 0 unspecified atom stereocenters. The Hall–Kier alpha value is -4.00. The predicted molar refractivity (Wildman–Crippen MR) is 97.5 cm³/mol. The number of nitrogens with one attached hydrogen (secondary N) is 2. The molecular weight excluding hydrogens is 364 g/mol. The first-order valence-corrected chi connectivity index (χ1v) is 8.36. The maximum absolute atomic E-state index is 12.2. The van der Waals surface area contributed by atoms with Crippen LogP contribution in [0.15, 0.2) is 42.1 Å². The van der Waals surface area contributed by atoms with Crippen LogP contribution < -0.4 is 5.32 Å². The molecular formula is C18H18N6O4. The third kappa shape index (κ3) is 5.01. The molecule has 0 aliphatic heterocycles. The molecule has 0 spiro atoms. The molecule has 0 amide bonds. The minimum absolute atomic E-state index is 0.00648. The number of aromatic nitrogens is 4. The minimum Gasteiger partial charge on any atom is -0.462 e. The third-order valence-electron chi connectivity index (χ3n) is 3.35. The van der Waals surface area contributed by atoms with Crippen LogP contribution in [-0.2, 0) is 19.1 Å². The van der Waals surface area contributed by atoms with Crippen molar-refractivity contribution < 1.29 is 19.1 Å². The summed E-state index contributed by atoms with van der Waals surface area (Å²) in [5.74, 6) is -1.49. The average Bonchev–Trinajstić information content (AvgIpc) is 3.23. The van der Waals surface area contributed by atoms with Crippen molar-refractivity contribution >= 4 is 23.2 Å². The number of aromatic amines is 1. The summed E-state index contributed by atoms with van der Waals surface area (Å²) in [4.78, 5) is 24.4. The minimum atomic E-state index is -0.790. The molecule has 0 atom stereocenters. The molecule has 0 fully saturated rings. The first-order valence-electron chi connectivity index (χ1n) is 8.36. The van der Waals surface area contributed by atoms with E-state index < -0.39 is 11.9 Å². The van der Waals surface area contributed by atoms with Crippen molar-refractivity contribution in [2.45, 2.75) is 13.8 Å². The van der Waals surface area contributed by atoms with Crippen LogP contribution in [-0.4, -0.2) is 45.8 Å². The van der Waals surface area contributed by atoms with Crippen LogP contribution in [0.1, 0.15) is 25.2 Å². The molecule has 28 heavy (non-hydrogen) atoms. The Morgan fingerprint density at radius 1 is 1.18 bits per heavy atom. The Morgan fingerprint density at radius 2 is 1.86 bits per heavy atom. The number of benzene rings is 1. The predicted octanol–water partition coefficient (Wildman–Crippen LogP) is 1.19. The number of carbonyl (C=O) groups is 2. The van der Waals surface area contributed by atoms with Gasteiger partial charge in [-0.05, 0) is 24.6 Å². The Bertz CT molecular complexity index is 913. The topological polar surface area (TPSA) is 143 Å². The Morgan fingerprint density at radius 3 is 2.43 bits per heavy atom. The number of hydrogen-bond acceptors (Lipinski definition) is 9. The van der Waals surface area contributed by atoms with Crippen LogP contribution in [0.3, 0.4) is 0 Å². The number of tetrazole rings is 1. The maximum Gasteiger partial charge on any atom is 0.351 e. The van der Waals surface area contributed by atoms with Crippen molar-refractivity contribution in [1.29, 1.82) is 5.26 Å². The zero-order valence-electron chi connectivity index (χ0n) is 15.3. The summed E-state index contributed by atoms with van der Waals surface area (Å²) in [5.41, 5.74) is 0.414. The van der Waals surface area contributed by atoms with Crippen LogP contribution >= 0.6 is 0 Å². The second-order valence-electron chi connectivity index (χ2n) is 5.11. The molecule has 1 aromatic heterocycles. The molecule has 0 radical (unpaired) electrons. The standard InChI is InChI=1S/C18H18N6O4/c1-3-27-17(25)13(10-19)15(12-8-6-5-7-9-12)20-11-14(18(26)28-4-2)16-21-23-24-22-16/h5-9,11,20H,3-4H2,1-2H3,(H,21,22,23,24)/b14-11+,15-13-. The van der Waals surface area contributed by atoms with Gasteiger partial charge in [0.05, 0.1) is 18.9 Å². The Labute approximate surface area is 160 Å². The molecule has 1 heterocycles. The van der Waals surface area contributed by atoms with Gasteiger partial charge in [0.1, 0.15) is 11.6 Å². The van der Waals surface area contributed by atoms with Crippen LogP contribution in [0.5, 0.6) is 0 Å². The average molecular weight is 382 g/mol. The number of H-pyrrole nitrogens is 1. The highest BCUT2D eigenvalue weighted by atomic mass is 16.5. The molecule has 0 bridgehead atoms. The summed E-state index contributed by atoms with van der Waals surface area (Å²) in [6.07, 6.45) is 1.25. The lowest BCUT2D eigenvalue weighted by Gasteiger charge is -2.12. The van der Waals surface area contributed by atoms with E-state index >= 15 is 0 Å². The van der Waals surface area contributed by atoms with E-state index in [1.54, 1.807) is 44.2 Å². The van der Waals surface area contributed by atoms with Crippen molar-refractivity contribution in [2.24, 2.45) is 0 Å². The van der Waals surface area contributed by atoms with Crippen molar-refractivity contribution in [3.05, 3.63) is 53.5 Å². The van der Waals surface area contributed by atoms with Crippen LogP contribution in [0, 0.1) is 11.3 Å². The van der Waals surface area contributed by atoms with Crippen LogP contribution in [0.4, 0.5) is 0 Å². The summed E-state index contributed by atoms with van der Waals surface area (Å²) in [7, 11) is 0. The van der Waals surface area contributed by atoms with Gasteiger partial charge in [0.2, 0.25) is 5.82 Å². The van der Waals surface area contributed by atoms with Gasteiger partial charge in [0.15, 0.2) is 5.57 Å². The highest BCUT2D eigenvalue weighted by Crippen LogP contribution is 2.19. The van der Waals surface area contributed by atoms with E-state index in [1.807, 2.05) is 6.07 Å². The lowest BCUT2D eigenvalue weighted by atomic mass is 10.1. The molecule has 2 aromatic rings. The smallest absolute Gasteiger partial charge is 0.351 e. The van der Waals surface area contributed by atoms with Gasteiger partial charge in [-0.2, -0.15) is 10.5 Å². The summed E-state index contributed by atoms with van der Waals surface area (Å²) in [6.45, 7) is 3.54. The maximum atomic E-state index is 12.2. The molecule has 2 rings (SSSR count). The van der Waals surface area contributed by atoms with E-state index in [9.17, 15) is 14.9 Å². The van der Waals surface area contributed by atoms with Gasteiger partial charge in [-0.15, -0.1) is 10.2 Å². The number of hydrogen-bond donors (Lipinski definition) is 2. The zero-order chi connectivity index (χ0) is 20.4. The van der Waals surface area contributed by atoms with Crippen molar-refractivity contribution in [3.8, 4) is 6.07 Å². The lowest BCUT2D eigenvalue weighted by molar-refractivity contribution is -0.138. The van der Waals surface area contributed by atoms with Crippen molar-refractivity contribution in [1.82, 2.24) is 25.9 Å². The summed E-state index contributed by atoms with van der Waals surface area (Å²) in [6, 6.07) is 10.5. The number of carbonyl (C=O) groups excluding carboxylic acids is 2. The molecule has 10 heteroatoms. The molecule has 144 valence electrons. The number of esters is 2. The first-order chi connectivity index (χ1) is 13.6. The zero-order valence-corrected chi connectivity index (χ0v) is 15.3. The summed E-state index contributed by atoms with van der Waals surface area (Å²) < 4.78 is 9.95. The molecule has 0 aliphatic carbocycles. The summed E-state index contributed by atoms with van der Waals surface area (Å²) in [5, 5.41) is 25.5. The second kappa shape index (κ2) is 10.2. The second-order valence-corrected chi connectivity index (χ2v) is 5.11. The van der Waals surface area contributed by atoms with Gasteiger partial charge >= 0.3 is 11.9 Å². The van der Waals surface area contributed by atoms with Gasteiger partial charge in [-0.25, -0.2) is 9.59 Å². The summed E-state index contributed by atoms with van der Waals surface area (Å²) >= 11 is 0. The van der Waals surface area contributed by atoms with Crippen molar-refractivity contribution in [2.75, 3.05) is 13.2 Å². The highest BCUT2D eigenvalue weighted by Gasteiger charge is 2.21. The van der Waals surface area contributed by atoms with E-state index in [0.717, 1.165) is 0 Å². The SMILES string of the molecule is CCOC(=O)/C(C#N)=C(\N/C=C(/C(=O)OCC)c1nn[nH]n1)c1ccccc1. The molecule has 2 N–H and O–H groups in total. The van der Waals surface area contributed by atoms with Crippen LogP contribution in [0.2, 0.25) is 0 Å². The Kier molecular flexibility index (Phi) is 7.42. The monoisotopic (exact) mass is 382 g/mol. The van der Waals surface area contributed by atoms with E-state index in [1.165, 1.54) is 6.20 Å². The van der Waals surface area contributed by atoms with E-state index in [4.69, 9.17) is 9.47 Å². The fourth-order valence-corrected chi connectivity index (χ4v) is 2.16. The van der Waals surface area contributed by atoms with Gasteiger partial charge in [0, 0.05) is 6.20 Å². The molecule has 10 nitrogen and oxygen atoms in total. The van der Waals surface area contributed by atoms with Gasteiger partial charge in [-0.1, -0.05) is 30.3 Å². The fourth-order valence-electron chi connectivity index (χ4n) is 2.16. The van der Waals surface area contributed by atoms with Gasteiger partial charge < -0.3 is 14.8 Å². The largest absolute Gasteiger partial charge is 0.462 e. The van der Waals surface area contributed by atoms with Crippen LogP contribution in [0.25, 0.3) is 11.3 Å². The lowest BCUT2D eigenvalue weighted by Crippen LogP contribution is -2.17. The molecule has 0 saturated heterocycles. The van der Waals surface area contributed by atoms with E-state index in [-0.39, 0.29) is 35.9 Å².